The first-order valence-electron chi connectivity index (χ1n) is 7.49. The first kappa shape index (κ1) is 13.5. The van der Waals surface area contributed by atoms with E-state index in [0.717, 1.165) is 5.56 Å². The van der Waals surface area contributed by atoms with Crippen LogP contribution in [0.5, 0.6) is 0 Å². The zero-order valence-corrected chi connectivity index (χ0v) is 12.4. The van der Waals surface area contributed by atoms with Crippen molar-refractivity contribution < 1.29 is 0 Å². The number of fused-ring (bicyclic) bond motifs is 2. The quantitative estimate of drug-likeness (QED) is 0.630. The average Bonchev–Trinajstić information content (AvgIpc) is 2.61. The predicted molar refractivity (Wildman–Crippen MR) is 92.7 cm³/mol. The summed E-state index contributed by atoms with van der Waals surface area (Å²) in [6.45, 7) is 0.584. The Morgan fingerprint density at radius 3 is 2.70 bits per heavy atom. The Labute approximate surface area is 133 Å². The van der Waals surface area contributed by atoms with Gasteiger partial charge in [0.15, 0.2) is 0 Å². The molecule has 4 nitrogen and oxygen atoms in total. The minimum atomic E-state index is -0.0867. The fourth-order valence-electron chi connectivity index (χ4n) is 2.69. The standard InChI is InChI=1S/C19H15N3O/c23-19-17(13-21-18-7-3-4-10-22(18)19)20-12-14-8-9-15-5-1-2-6-16(15)11-14/h1-11,13,20H,12H2. The fraction of sp³-hybridized carbons (Fsp3) is 0.0526. The van der Waals surface area contributed by atoms with Crippen LogP contribution in [-0.4, -0.2) is 9.38 Å². The molecule has 23 heavy (non-hydrogen) atoms. The van der Waals surface area contributed by atoms with Gasteiger partial charge in [-0.05, 0) is 34.5 Å². The number of anilines is 1. The highest BCUT2D eigenvalue weighted by molar-refractivity contribution is 5.83. The maximum atomic E-state index is 12.4. The smallest absolute Gasteiger partial charge is 0.281 e. The SMILES string of the molecule is O=c1c(NCc2ccc3ccccc3c2)cnc2ccccn12. The number of nitrogens with zero attached hydrogens (tertiary/aromatic N) is 2. The lowest BCUT2D eigenvalue weighted by atomic mass is 10.1. The molecule has 2 aromatic heterocycles. The van der Waals surface area contributed by atoms with Gasteiger partial charge in [0.05, 0.1) is 6.20 Å². The zero-order chi connectivity index (χ0) is 15.6. The lowest BCUT2D eigenvalue weighted by Gasteiger charge is -2.08. The van der Waals surface area contributed by atoms with Crippen LogP contribution in [0.25, 0.3) is 16.4 Å². The molecule has 0 fully saturated rings. The highest BCUT2D eigenvalue weighted by Crippen LogP contribution is 2.16. The molecule has 2 aromatic carbocycles. The number of hydrogen-bond acceptors (Lipinski definition) is 3. The van der Waals surface area contributed by atoms with Crippen molar-refractivity contribution in [1.82, 2.24) is 9.38 Å². The van der Waals surface area contributed by atoms with E-state index >= 15 is 0 Å². The molecule has 0 saturated carbocycles. The molecule has 0 spiro atoms. The predicted octanol–water partition coefficient (Wildman–Crippen LogP) is 3.46. The number of hydrogen-bond donors (Lipinski definition) is 1. The minimum Gasteiger partial charge on any atom is -0.375 e. The third-order valence-electron chi connectivity index (χ3n) is 3.91. The number of rotatable bonds is 3. The fourth-order valence-corrected chi connectivity index (χ4v) is 2.69. The van der Waals surface area contributed by atoms with Gasteiger partial charge >= 0.3 is 0 Å². The van der Waals surface area contributed by atoms with Crippen molar-refractivity contribution in [2.24, 2.45) is 0 Å². The van der Waals surface area contributed by atoms with Crippen LogP contribution in [0.1, 0.15) is 5.56 Å². The first-order valence-corrected chi connectivity index (χ1v) is 7.49. The molecular formula is C19H15N3O. The van der Waals surface area contributed by atoms with Crippen LogP contribution < -0.4 is 10.9 Å². The molecule has 0 aliphatic rings. The summed E-state index contributed by atoms with van der Waals surface area (Å²) in [5, 5.41) is 5.60. The first-order chi connectivity index (χ1) is 11.3. The van der Waals surface area contributed by atoms with Gasteiger partial charge in [-0.25, -0.2) is 4.98 Å². The van der Waals surface area contributed by atoms with Crippen LogP contribution in [-0.2, 0) is 6.54 Å². The second kappa shape index (κ2) is 5.57. The minimum absolute atomic E-state index is 0.0867. The van der Waals surface area contributed by atoms with Crippen LogP contribution in [0.4, 0.5) is 5.69 Å². The second-order valence-electron chi connectivity index (χ2n) is 5.44. The second-order valence-corrected chi connectivity index (χ2v) is 5.44. The van der Waals surface area contributed by atoms with Gasteiger partial charge in [-0.1, -0.05) is 42.5 Å². The van der Waals surface area contributed by atoms with Gasteiger partial charge in [0.2, 0.25) is 0 Å². The van der Waals surface area contributed by atoms with Crippen LogP contribution >= 0.6 is 0 Å². The summed E-state index contributed by atoms with van der Waals surface area (Å²) in [5.41, 5.74) is 2.19. The highest BCUT2D eigenvalue weighted by atomic mass is 16.1. The molecule has 4 rings (SSSR count). The molecule has 0 aliphatic heterocycles. The molecule has 0 radical (unpaired) electrons. The third-order valence-corrected chi connectivity index (χ3v) is 3.91. The van der Waals surface area contributed by atoms with Crippen molar-refractivity contribution in [3.8, 4) is 0 Å². The van der Waals surface area contributed by atoms with E-state index < -0.39 is 0 Å². The van der Waals surface area contributed by atoms with E-state index in [2.05, 4.69) is 40.6 Å². The number of benzene rings is 2. The Balaban J connectivity index is 1.63. The van der Waals surface area contributed by atoms with E-state index in [9.17, 15) is 4.79 Å². The Bertz CT molecular complexity index is 1050. The van der Waals surface area contributed by atoms with E-state index in [1.807, 2.05) is 30.3 Å². The molecule has 1 N–H and O–H groups in total. The van der Waals surface area contributed by atoms with Crippen molar-refractivity contribution in [3.63, 3.8) is 0 Å². The summed E-state index contributed by atoms with van der Waals surface area (Å²) in [6.07, 6.45) is 3.32. The average molecular weight is 301 g/mol. The molecule has 0 aliphatic carbocycles. The van der Waals surface area contributed by atoms with Gasteiger partial charge in [0.25, 0.3) is 5.56 Å². The summed E-state index contributed by atoms with van der Waals surface area (Å²) in [7, 11) is 0. The molecule has 112 valence electrons. The van der Waals surface area contributed by atoms with E-state index in [-0.39, 0.29) is 5.56 Å². The van der Waals surface area contributed by atoms with Gasteiger partial charge in [0.1, 0.15) is 11.3 Å². The third kappa shape index (κ3) is 2.55. The van der Waals surface area contributed by atoms with Gasteiger partial charge in [-0.3, -0.25) is 9.20 Å². The summed E-state index contributed by atoms with van der Waals surface area (Å²) in [4.78, 5) is 16.7. The van der Waals surface area contributed by atoms with Gasteiger partial charge in [0, 0.05) is 12.7 Å². The summed E-state index contributed by atoms with van der Waals surface area (Å²) in [6, 6.07) is 20.0. The zero-order valence-electron chi connectivity index (χ0n) is 12.4. The molecular weight excluding hydrogens is 286 g/mol. The van der Waals surface area contributed by atoms with Crippen LogP contribution in [0.2, 0.25) is 0 Å². The maximum absolute atomic E-state index is 12.4. The molecule has 4 heteroatoms. The van der Waals surface area contributed by atoms with Crippen molar-refractivity contribution in [2.45, 2.75) is 6.54 Å². The Morgan fingerprint density at radius 1 is 0.957 bits per heavy atom. The van der Waals surface area contributed by atoms with Gasteiger partial charge < -0.3 is 5.32 Å². The highest BCUT2D eigenvalue weighted by Gasteiger charge is 2.04. The Kier molecular flexibility index (Phi) is 3.27. The molecule has 0 saturated heterocycles. The summed E-state index contributed by atoms with van der Waals surface area (Å²) < 4.78 is 1.54. The van der Waals surface area contributed by atoms with Crippen LogP contribution in [0, 0.1) is 0 Å². The molecule has 0 amide bonds. The summed E-state index contributed by atoms with van der Waals surface area (Å²) in [5.74, 6) is 0. The van der Waals surface area contributed by atoms with E-state index in [4.69, 9.17) is 0 Å². The number of pyridine rings is 1. The van der Waals surface area contributed by atoms with Crippen molar-refractivity contribution in [1.29, 1.82) is 0 Å². The van der Waals surface area contributed by atoms with Gasteiger partial charge in [-0.15, -0.1) is 0 Å². The lowest BCUT2D eigenvalue weighted by Crippen LogP contribution is -2.19. The molecule has 0 bridgehead atoms. The molecule has 0 atom stereocenters. The monoisotopic (exact) mass is 301 g/mol. The van der Waals surface area contributed by atoms with E-state index in [1.165, 1.54) is 10.8 Å². The van der Waals surface area contributed by atoms with Gasteiger partial charge in [-0.2, -0.15) is 0 Å². The maximum Gasteiger partial charge on any atom is 0.281 e. The van der Waals surface area contributed by atoms with Crippen LogP contribution in [0.15, 0.2) is 77.9 Å². The van der Waals surface area contributed by atoms with Crippen molar-refractivity contribution in [2.75, 3.05) is 5.32 Å². The topological polar surface area (TPSA) is 46.4 Å². The van der Waals surface area contributed by atoms with Crippen LogP contribution in [0.3, 0.4) is 0 Å². The van der Waals surface area contributed by atoms with E-state index in [1.54, 1.807) is 16.8 Å². The Hall–Kier alpha value is -3.14. The molecule has 0 unspecified atom stereocenters. The number of aromatic nitrogens is 2. The van der Waals surface area contributed by atoms with Crippen molar-refractivity contribution >= 4 is 22.1 Å². The van der Waals surface area contributed by atoms with E-state index in [0.29, 0.717) is 17.9 Å². The normalized spacial score (nSPS) is 11.0. The Morgan fingerprint density at radius 2 is 1.78 bits per heavy atom. The summed E-state index contributed by atoms with van der Waals surface area (Å²) >= 11 is 0. The van der Waals surface area contributed by atoms with Crippen molar-refractivity contribution in [3.05, 3.63) is 89.0 Å². The molecule has 4 aromatic rings. The number of nitrogens with one attached hydrogen (secondary N) is 1. The largest absolute Gasteiger partial charge is 0.375 e. The molecule has 2 heterocycles. The lowest BCUT2D eigenvalue weighted by molar-refractivity contribution is 1.02.